The Morgan fingerprint density at radius 1 is 1.33 bits per heavy atom. The molecule has 0 saturated carbocycles. The highest BCUT2D eigenvalue weighted by molar-refractivity contribution is 5.72. The summed E-state index contributed by atoms with van der Waals surface area (Å²) < 4.78 is 5.34. The summed E-state index contributed by atoms with van der Waals surface area (Å²) in [5.74, 6) is -0.0686. The Labute approximate surface area is 90.3 Å². The van der Waals surface area contributed by atoms with Gasteiger partial charge in [0.15, 0.2) is 0 Å². The van der Waals surface area contributed by atoms with Crippen molar-refractivity contribution in [3.63, 3.8) is 0 Å². The Morgan fingerprint density at radius 2 is 2.00 bits per heavy atom. The lowest BCUT2D eigenvalue weighted by Crippen LogP contribution is -2.26. The summed E-state index contributed by atoms with van der Waals surface area (Å²) in [6.45, 7) is 4.18. The van der Waals surface area contributed by atoms with E-state index in [0.29, 0.717) is 6.42 Å². The normalized spacial score (nSPS) is 23.9. The van der Waals surface area contributed by atoms with E-state index in [1.165, 1.54) is 5.56 Å². The van der Waals surface area contributed by atoms with Gasteiger partial charge in [-0.25, -0.2) is 0 Å². The zero-order valence-corrected chi connectivity index (χ0v) is 9.19. The van der Waals surface area contributed by atoms with Crippen molar-refractivity contribution >= 4 is 5.97 Å². The molecule has 0 amide bonds. The van der Waals surface area contributed by atoms with E-state index in [-0.39, 0.29) is 17.5 Å². The minimum atomic E-state index is -0.0686. The first-order valence-electron chi connectivity index (χ1n) is 5.31. The highest BCUT2D eigenvalue weighted by Crippen LogP contribution is 2.36. The number of benzene rings is 1. The summed E-state index contributed by atoms with van der Waals surface area (Å²) in [5.41, 5.74) is 1.19. The van der Waals surface area contributed by atoms with Crippen LogP contribution in [0.2, 0.25) is 0 Å². The first-order valence-corrected chi connectivity index (χ1v) is 5.31. The number of rotatable bonds is 2. The van der Waals surface area contributed by atoms with Crippen LogP contribution in [0.3, 0.4) is 0 Å². The fraction of sp³-hybridized carbons (Fsp3) is 0.462. The molecule has 1 aliphatic rings. The third-order valence-corrected chi connectivity index (χ3v) is 3.01. The number of carbonyl (C=O) groups is 1. The van der Waals surface area contributed by atoms with Crippen molar-refractivity contribution in [1.29, 1.82) is 0 Å². The fourth-order valence-electron chi connectivity index (χ4n) is 1.99. The lowest BCUT2D eigenvalue weighted by molar-refractivity contribution is -0.141. The minimum Gasteiger partial charge on any atom is -0.461 e. The summed E-state index contributed by atoms with van der Waals surface area (Å²) in [7, 11) is 0. The molecule has 1 aliphatic heterocycles. The number of hydrogen-bond donors (Lipinski definition) is 0. The van der Waals surface area contributed by atoms with Gasteiger partial charge in [-0.3, -0.25) is 4.79 Å². The molecule has 1 heterocycles. The second-order valence-electron chi connectivity index (χ2n) is 4.83. The monoisotopic (exact) mass is 204 g/mol. The highest BCUT2D eigenvalue weighted by Gasteiger charge is 2.41. The van der Waals surface area contributed by atoms with Crippen molar-refractivity contribution in [3.05, 3.63) is 35.9 Å². The molecule has 2 nitrogen and oxygen atoms in total. The molecule has 1 saturated heterocycles. The molecule has 1 aromatic rings. The van der Waals surface area contributed by atoms with Gasteiger partial charge in [-0.1, -0.05) is 44.2 Å². The Bertz CT molecular complexity index is 354. The zero-order valence-electron chi connectivity index (χ0n) is 9.19. The van der Waals surface area contributed by atoms with Gasteiger partial charge in [0.1, 0.15) is 6.10 Å². The average molecular weight is 204 g/mol. The minimum absolute atomic E-state index is 0.0207. The Kier molecular flexibility index (Phi) is 2.51. The molecular formula is C13H16O2. The summed E-state index contributed by atoms with van der Waals surface area (Å²) in [4.78, 5) is 11.2. The summed E-state index contributed by atoms with van der Waals surface area (Å²) in [5, 5.41) is 0. The molecule has 1 atom stereocenters. The third kappa shape index (κ3) is 2.20. The average Bonchev–Trinajstić information content (AvgIpc) is 2.41. The van der Waals surface area contributed by atoms with Gasteiger partial charge in [0.25, 0.3) is 0 Å². The smallest absolute Gasteiger partial charge is 0.306 e. The quantitative estimate of drug-likeness (QED) is 0.692. The molecule has 0 aliphatic carbocycles. The van der Waals surface area contributed by atoms with Gasteiger partial charge in [-0.05, 0) is 5.56 Å². The van der Waals surface area contributed by atoms with Crippen LogP contribution in [0.4, 0.5) is 0 Å². The molecule has 0 N–H and O–H groups in total. The zero-order chi connectivity index (χ0) is 10.9. The molecule has 0 aromatic heterocycles. The predicted molar refractivity (Wildman–Crippen MR) is 58.4 cm³/mol. The van der Waals surface area contributed by atoms with Crippen LogP contribution < -0.4 is 0 Å². The molecule has 1 fully saturated rings. The van der Waals surface area contributed by atoms with Crippen molar-refractivity contribution in [3.8, 4) is 0 Å². The van der Waals surface area contributed by atoms with Crippen LogP contribution in [0.25, 0.3) is 0 Å². The van der Waals surface area contributed by atoms with Crippen LogP contribution in [0.1, 0.15) is 25.8 Å². The molecule has 1 unspecified atom stereocenters. The Balaban J connectivity index is 2.10. The van der Waals surface area contributed by atoms with Gasteiger partial charge < -0.3 is 4.74 Å². The lowest BCUT2D eigenvalue weighted by atomic mass is 9.82. The van der Waals surface area contributed by atoms with Gasteiger partial charge in [0, 0.05) is 11.8 Å². The number of hydrogen-bond acceptors (Lipinski definition) is 2. The van der Waals surface area contributed by atoms with Crippen LogP contribution in [-0.2, 0) is 16.0 Å². The van der Waals surface area contributed by atoms with E-state index in [1.807, 2.05) is 18.2 Å². The van der Waals surface area contributed by atoms with E-state index in [9.17, 15) is 4.79 Å². The van der Waals surface area contributed by atoms with Crippen LogP contribution in [-0.4, -0.2) is 12.1 Å². The fourth-order valence-corrected chi connectivity index (χ4v) is 1.99. The second-order valence-corrected chi connectivity index (χ2v) is 4.83. The molecule has 2 heteroatoms. The lowest BCUT2D eigenvalue weighted by Gasteiger charge is -2.23. The molecule has 80 valence electrons. The molecule has 0 radical (unpaired) electrons. The second kappa shape index (κ2) is 3.69. The maximum Gasteiger partial charge on any atom is 0.306 e. The maximum absolute atomic E-state index is 11.2. The van der Waals surface area contributed by atoms with Crippen molar-refractivity contribution in [1.82, 2.24) is 0 Å². The summed E-state index contributed by atoms with van der Waals surface area (Å²) in [6.07, 6.45) is 1.37. The van der Waals surface area contributed by atoms with E-state index in [1.54, 1.807) is 0 Å². The molecule has 0 spiro atoms. The number of ether oxygens (including phenoxy) is 1. The molecule has 15 heavy (non-hydrogen) atoms. The van der Waals surface area contributed by atoms with E-state index in [4.69, 9.17) is 4.74 Å². The van der Waals surface area contributed by atoms with Gasteiger partial charge in [0.2, 0.25) is 0 Å². The summed E-state index contributed by atoms with van der Waals surface area (Å²) in [6, 6.07) is 10.2. The topological polar surface area (TPSA) is 26.3 Å². The number of carbonyl (C=O) groups excluding carboxylic acids is 1. The number of cyclic esters (lactones) is 1. The largest absolute Gasteiger partial charge is 0.461 e. The summed E-state index contributed by atoms with van der Waals surface area (Å²) >= 11 is 0. The van der Waals surface area contributed by atoms with Gasteiger partial charge in [-0.15, -0.1) is 0 Å². The SMILES string of the molecule is CC1(C)CC(=O)OC1Cc1ccccc1. The van der Waals surface area contributed by atoms with E-state index in [0.717, 1.165) is 6.42 Å². The van der Waals surface area contributed by atoms with Crippen molar-refractivity contribution < 1.29 is 9.53 Å². The van der Waals surface area contributed by atoms with E-state index in [2.05, 4.69) is 26.0 Å². The van der Waals surface area contributed by atoms with Crippen molar-refractivity contribution in [2.24, 2.45) is 5.41 Å². The molecule has 2 rings (SSSR count). The Hall–Kier alpha value is -1.31. The van der Waals surface area contributed by atoms with E-state index < -0.39 is 0 Å². The maximum atomic E-state index is 11.2. The van der Waals surface area contributed by atoms with Crippen LogP contribution in [0.5, 0.6) is 0 Å². The van der Waals surface area contributed by atoms with Crippen LogP contribution in [0.15, 0.2) is 30.3 Å². The number of esters is 1. The molecule has 1 aromatic carbocycles. The molecular weight excluding hydrogens is 188 g/mol. The first kappa shape index (κ1) is 10.2. The predicted octanol–water partition coefficient (Wildman–Crippen LogP) is 2.57. The van der Waals surface area contributed by atoms with E-state index >= 15 is 0 Å². The van der Waals surface area contributed by atoms with Crippen LogP contribution in [0, 0.1) is 5.41 Å². The van der Waals surface area contributed by atoms with Crippen LogP contribution >= 0.6 is 0 Å². The van der Waals surface area contributed by atoms with Gasteiger partial charge in [-0.2, -0.15) is 0 Å². The highest BCUT2D eigenvalue weighted by atomic mass is 16.6. The standard InChI is InChI=1S/C13H16O2/c1-13(2)9-12(14)15-11(13)8-10-6-4-3-5-7-10/h3-7,11H,8-9H2,1-2H3. The molecule has 0 bridgehead atoms. The van der Waals surface area contributed by atoms with Crippen molar-refractivity contribution in [2.45, 2.75) is 32.8 Å². The van der Waals surface area contributed by atoms with Gasteiger partial charge >= 0.3 is 5.97 Å². The van der Waals surface area contributed by atoms with Crippen molar-refractivity contribution in [2.75, 3.05) is 0 Å². The first-order chi connectivity index (χ1) is 7.08. The Morgan fingerprint density at radius 3 is 2.53 bits per heavy atom. The van der Waals surface area contributed by atoms with Gasteiger partial charge in [0.05, 0.1) is 6.42 Å². The third-order valence-electron chi connectivity index (χ3n) is 3.01.